The van der Waals surface area contributed by atoms with Crippen LogP contribution in [0.4, 0.5) is 0 Å². The van der Waals surface area contributed by atoms with Crippen LogP contribution in [-0.4, -0.2) is 28.1 Å². The molecule has 1 aliphatic heterocycles. The van der Waals surface area contributed by atoms with Gasteiger partial charge in [0, 0.05) is 12.0 Å². The minimum atomic E-state index is 0.131. The maximum Gasteiger partial charge on any atom is 0.0730 e. The van der Waals surface area contributed by atoms with E-state index in [1.807, 2.05) is 6.20 Å². The molecule has 4 nitrogen and oxygen atoms in total. The third-order valence-electron chi connectivity index (χ3n) is 2.72. The first-order valence-corrected chi connectivity index (χ1v) is 5.20. The standard InChI is InChI=1S/C10H18N4/c1-10(2,3)9-7-12-13-14(9)8-4-5-11-6-8/h7-8,11H,4-6H2,1-3H3. The Kier molecular flexibility index (Phi) is 2.31. The molecule has 0 aliphatic carbocycles. The fourth-order valence-corrected chi connectivity index (χ4v) is 1.90. The third kappa shape index (κ3) is 1.66. The Labute approximate surface area is 84.7 Å². The van der Waals surface area contributed by atoms with Crippen LogP contribution in [0, 0.1) is 0 Å². The minimum Gasteiger partial charge on any atom is -0.315 e. The van der Waals surface area contributed by atoms with Crippen molar-refractivity contribution >= 4 is 0 Å². The van der Waals surface area contributed by atoms with Crippen molar-refractivity contribution in [1.82, 2.24) is 20.3 Å². The highest BCUT2D eigenvalue weighted by Crippen LogP contribution is 2.25. The van der Waals surface area contributed by atoms with Crippen molar-refractivity contribution in [1.29, 1.82) is 0 Å². The lowest BCUT2D eigenvalue weighted by Gasteiger charge is -2.21. The summed E-state index contributed by atoms with van der Waals surface area (Å²) in [6.07, 6.45) is 3.05. The summed E-state index contributed by atoms with van der Waals surface area (Å²) >= 11 is 0. The maximum absolute atomic E-state index is 4.19. The van der Waals surface area contributed by atoms with Crippen molar-refractivity contribution in [3.05, 3.63) is 11.9 Å². The summed E-state index contributed by atoms with van der Waals surface area (Å²) in [4.78, 5) is 0. The first-order chi connectivity index (χ1) is 6.59. The lowest BCUT2D eigenvalue weighted by molar-refractivity contribution is 0.417. The topological polar surface area (TPSA) is 42.7 Å². The van der Waals surface area contributed by atoms with Crippen LogP contribution in [0.25, 0.3) is 0 Å². The molecule has 1 N–H and O–H groups in total. The second-order valence-electron chi connectivity index (χ2n) is 4.96. The summed E-state index contributed by atoms with van der Waals surface area (Å²) in [6, 6.07) is 0.492. The Morgan fingerprint density at radius 3 is 2.86 bits per heavy atom. The minimum absolute atomic E-state index is 0.131. The molecule has 0 saturated carbocycles. The Bertz CT molecular complexity index is 304. The van der Waals surface area contributed by atoms with Crippen LogP contribution < -0.4 is 5.32 Å². The van der Waals surface area contributed by atoms with Gasteiger partial charge in [0.25, 0.3) is 0 Å². The molecule has 14 heavy (non-hydrogen) atoms. The molecule has 1 aromatic rings. The quantitative estimate of drug-likeness (QED) is 0.728. The predicted octanol–water partition coefficient (Wildman–Crippen LogP) is 1.11. The van der Waals surface area contributed by atoms with Gasteiger partial charge in [0.05, 0.1) is 17.9 Å². The molecule has 0 radical (unpaired) electrons. The third-order valence-corrected chi connectivity index (χ3v) is 2.72. The Morgan fingerprint density at radius 1 is 1.50 bits per heavy atom. The number of rotatable bonds is 1. The highest BCUT2D eigenvalue weighted by Gasteiger charge is 2.25. The molecule has 1 fully saturated rings. The highest BCUT2D eigenvalue weighted by atomic mass is 15.4. The van der Waals surface area contributed by atoms with E-state index in [9.17, 15) is 0 Å². The SMILES string of the molecule is CC(C)(C)c1cnnn1C1CCNC1. The van der Waals surface area contributed by atoms with Crippen molar-refractivity contribution in [3.8, 4) is 0 Å². The number of nitrogens with one attached hydrogen (secondary N) is 1. The lowest BCUT2D eigenvalue weighted by atomic mass is 9.92. The molecular weight excluding hydrogens is 176 g/mol. The molecule has 1 atom stereocenters. The van der Waals surface area contributed by atoms with E-state index in [1.54, 1.807) is 0 Å². The fourth-order valence-electron chi connectivity index (χ4n) is 1.90. The van der Waals surface area contributed by atoms with Crippen molar-refractivity contribution in [3.63, 3.8) is 0 Å². The van der Waals surface area contributed by atoms with Crippen LogP contribution in [0.15, 0.2) is 6.20 Å². The van der Waals surface area contributed by atoms with Gasteiger partial charge in [0.1, 0.15) is 0 Å². The molecule has 78 valence electrons. The van der Waals surface area contributed by atoms with Crippen LogP contribution in [-0.2, 0) is 5.41 Å². The zero-order chi connectivity index (χ0) is 10.2. The second-order valence-corrected chi connectivity index (χ2v) is 4.96. The van der Waals surface area contributed by atoms with Gasteiger partial charge in [-0.15, -0.1) is 5.10 Å². The maximum atomic E-state index is 4.19. The van der Waals surface area contributed by atoms with Crippen LogP contribution in [0.5, 0.6) is 0 Å². The van der Waals surface area contributed by atoms with Gasteiger partial charge < -0.3 is 5.32 Å². The Morgan fingerprint density at radius 2 is 2.29 bits per heavy atom. The summed E-state index contributed by atoms with van der Waals surface area (Å²) in [6.45, 7) is 8.71. The van der Waals surface area contributed by atoms with E-state index in [1.165, 1.54) is 5.69 Å². The van der Waals surface area contributed by atoms with Crippen molar-refractivity contribution in [2.24, 2.45) is 0 Å². The zero-order valence-electron chi connectivity index (χ0n) is 9.12. The average Bonchev–Trinajstić information content (AvgIpc) is 2.73. The van der Waals surface area contributed by atoms with Gasteiger partial charge in [-0.25, -0.2) is 4.68 Å². The summed E-state index contributed by atoms with van der Waals surface area (Å²) in [5, 5.41) is 11.6. The van der Waals surface area contributed by atoms with E-state index in [0.29, 0.717) is 6.04 Å². The van der Waals surface area contributed by atoms with Crippen LogP contribution in [0.3, 0.4) is 0 Å². The summed E-state index contributed by atoms with van der Waals surface area (Å²) in [5.41, 5.74) is 1.36. The first-order valence-electron chi connectivity index (χ1n) is 5.20. The number of hydrogen-bond donors (Lipinski definition) is 1. The van der Waals surface area contributed by atoms with Gasteiger partial charge in [-0.2, -0.15) is 0 Å². The molecular formula is C10H18N4. The average molecular weight is 194 g/mol. The highest BCUT2D eigenvalue weighted by molar-refractivity contribution is 5.09. The molecule has 1 unspecified atom stereocenters. The van der Waals surface area contributed by atoms with Gasteiger partial charge >= 0.3 is 0 Å². The van der Waals surface area contributed by atoms with Crippen LogP contribution >= 0.6 is 0 Å². The monoisotopic (exact) mass is 194 g/mol. The molecule has 2 heterocycles. The number of aromatic nitrogens is 3. The zero-order valence-corrected chi connectivity index (χ0v) is 9.12. The van der Waals surface area contributed by atoms with Gasteiger partial charge in [-0.3, -0.25) is 0 Å². The predicted molar refractivity (Wildman–Crippen MR) is 55.2 cm³/mol. The van der Waals surface area contributed by atoms with Crippen molar-refractivity contribution in [2.75, 3.05) is 13.1 Å². The summed E-state index contributed by atoms with van der Waals surface area (Å²) < 4.78 is 2.08. The van der Waals surface area contributed by atoms with E-state index in [0.717, 1.165) is 19.5 Å². The lowest BCUT2D eigenvalue weighted by Crippen LogP contribution is -2.23. The van der Waals surface area contributed by atoms with Gasteiger partial charge in [0.2, 0.25) is 0 Å². The van der Waals surface area contributed by atoms with Crippen LogP contribution in [0.1, 0.15) is 38.9 Å². The molecule has 0 amide bonds. The molecule has 0 spiro atoms. The number of nitrogens with zero attached hydrogens (tertiary/aromatic N) is 3. The van der Waals surface area contributed by atoms with E-state index in [2.05, 4.69) is 41.1 Å². The Balaban J connectivity index is 2.29. The molecule has 1 saturated heterocycles. The molecule has 4 heteroatoms. The van der Waals surface area contributed by atoms with Gasteiger partial charge in [0.15, 0.2) is 0 Å². The van der Waals surface area contributed by atoms with E-state index < -0.39 is 0 Å². The van der Waals surface area contributed by atoms with Crippen molar-refractivity contribution in [2.45, 2.75) is 38.6 Å². The van der Waals surface area contributed by atoms with Crippen LogP contribution in [0.2, 0.25) is 0 Å². The normalized spacial score (nSPS) is 22.9. The molecule has 0 aromatic carbocycles. The van der Waals surface area contributed by atoms with E-state index in [4.69, 9.17) is 0 Å². The smallest absolute Gasteiger partial charge is 0.0730 e. The van der Waals surface area contributed by atoms with E-state index in [-0.39, 0.29) is 5.41 Å². The summed E-state index contributed by atoms with van der Waals surface area (Å²) in [5.74, 6) is 0. The fraction of sp³-hybridized carbons (Fsp3) is 0.800. The van der Waals surface area contributed by atoms with E-state index >= 15 is 0 Å². The largest absolute Gasteiger partial charge is 0.315 e. The first kappa shape index (κ1) is 9.65. The number of hydrogen-bond acceptors (Lipinski definition) is 3. The molecule has 1 aliphatic rings. The Hall–Kier alpha value is -0.900. The molecule has 0 bridgehead atoms. The molecule has 2 rings (SSSR count). The second kappa shape index (κ2) is 3.35. The van der Waals surface area contributed by atoms with Gasteiger partial charge in [-0.1, -0.05) is 26.0 Å². The van der Waals surface area contributed by atoms with Crippen molar-refractivity contribution < 1.29 is 0 Å². The van der Waals surface area contributed by atoms with Gasteiger partial charge in [-0.05, 0) is 13.0 Å². The molecule has 1 aromatic heterocycles. The summed E-state index contributed by atoms with van der Waals surface area (Å²) in [7, 11) is 0.